The average molecular weight is 299 g/mol. The van der Waals surface area contributed by atoms with E-state index >= 15 is 0 Å². The van der Waals surface area contributed by atoms with Crippen molar-refractivity contribution in [3.05, 3.63) is 59.7 Å². The molecule has 2 aromatic rings. The van der Waals surface area contributed by atoms with E-state index in [1.165, 1.54) is 0 Å². The van der Waals surface area contributed by atoms with E-state index in [0.29, 0.717) is 17.9 Å². The van der Waals surface area contributed by atoms with Crippen molar-refractivity contribution >= 4 is 5.91 Å². The van der Waals surface area contributed by atoms with Crippen molar-refractivity contribution in [2.75, 3.05) is 13.7 Å². The maximum absolute atomic E-state index is 12.5. The highest BCUT2D eigenvalue weighted by Gasteiger charge is 2.15. The molecule has 0 unspecified atom stereocenters. The van der Waals surface area contributed by atoms with Crippen molar-refractivity contribution in [3.8, 4) is 11.5 Å². The lowest BCUT2D eigenvalue weighted by Gasteiger charge is -2.16. The zero-order valence-electron chi connectivity index (χ0n) is 13.1. The van der Waals surface area contributed by atoms with Crippen LogP contribution in [0.15, 0.2) is 48.5 Å². The van der Waals surface area contributed by atoms with Crippen molar-refractivity contribution < 1.29 is 14.3 Å². The average Bonchev–Trinajstić information content (AvgIpc) is 2.55. The molecule has 0 radical (unpaired) electrons. The van der Waals surface area contributed by atoms with Crippen molar-refractivity contribution in [1.82, 2.24) is 5.32 Å². The fraction of sp³-hybridized carbons (Fsp3) is 0.278. The van der Waals surface area contributed by atoms with Crippen molar-refractivity contribution in [3.63, 3.8) is 0 Å². The molecule has 0 aromatic heterocycles. The maximum Gasteiger partial charge on any atom is 0.255 e. The summed E-state index contributed by atoms with van der Waals surface area (Å²) in [6.45, 7) is 4.36. The van der Waals surface area contributed by atoms with Gasteiger partial charge in [0.15, 0.2) is 0 Å². The van der Waals surface area contributed by atoms with Crippen LogP contribution in [-0.2, 0) is 0 Å². The third-order valence-corrected chi connectivity index (χ3v) is 3.37. The number of hydrogen-bond acceptors (Lipinski definition) is 3. The van der Waals surface area contributed by atoms with E-state index < -0.39 is 0 Å². The molecule has 0 saturated heterocycles. The molecule has 1 N–H and O–H groups in total. The number of carbonyl (C=O) groups excluding carboxylic acids is 1. The van der Waals surface area contributed by atoms with E-state index in [1.54, 1.807) is 19.2 Å². The van der Waals surface area contributed by atoms with Crippen LogP contribution >= 0.6 is 0 Å². The number of carbonyl (C=O) groups is 1. The van der Waals surface area contributed by atoms with Crippen LogP contribution in [0.1, 0.15) is 35.8 Å². The highest BCUT2D eigenvalue weighted by Crippen LogP contribution is 2.21. The van der Waals surface area contributed by atoms with Crippen LogP contribution in [0.3, 0.4) is 0 Å². The zero-order chi connectivity index (χ0) is 15.9. The molecule has 0 heterocycles. The van der Waals surface area contributed by atoms with E-state index in [9.17, 15) is 4.79 Å². The Kier molecular flexibility index (Phi) is 5.42. The van der Waals surface area contributed by atoms with Crippen LogP contribution in [0.25, 0.3) is 0 Å². The number of nitrogens with one attached hydrogen (secondary N) is 1. The zero-order valence-corrected chi connectivity index (χ0v) is 13.1. The van der Waals surface area contributed by atoms with E-state index in [4.69, 9.17) is 9.47 Å². The fourth-order valence-corrected chi connectivity index (χ4v) is 2.20. The number of ether oxygens (including phenoxy) is 2. The molecule has 1 amide bonds. The second kappa shape index (κ2) is 7.50. The van der Waals surface area contributed by atoms with Gasteiger partial charge in [-0.05, 0) is 43.7 Å². The van der Waals surface area contributed by atoms with Crippen molar-refractivity contribution in [1.29, 1.82) is 0 Å². The van der Waals surface area contributed by atoms with Crippen LogP contribution in [0, 0.1) is 0 Å². The first-order valence-corrected chi connectivity index (χ1v) is 7.32. The Balaban J connectivity index is 2.14. The number of rotatable bonds is 6. The van der Waals surface area contributed by atoms with Gasteiger partial charge in [0.1, 0.15) is 11.5 Å². The SMILES string of the molecule is CCOc1ccccc1C(=O)N[C@@H](C)c1cccc(OC)c1. The maximum atomic E-state index is 12.5. The summed E-state index contributed by atoms with van der Waals surface area (Å²) < 4.78 is 10.7. The Morgan fingerprint density at radius 1 is 1.18 bits per heavy atom. The molecule has 0 fully saturated rings. The molecular weight excluding hydrogens is 278 g/mol. The monoisotopic (exact) mass is 299 g/mol. The quantitative estimate of drug-likeness (QED) is 0.887. The summed E-state index contributed by atoms with van der Waals surface area (Å²) in [5.41, 5.74) is 1.53. The van der Waals surface area contributed by atoms with E-state index in [0.717, 1.165) is 11.3 Å². The number of benzene rings is 2. The van der Waals surface area contributed by atoms with E-state index in [1.807, 2.05) is 50.2 Å². The van der Waals surface area contributed by atoms with Gasteiger partial charge in [0.25, 0.3) is 5.91 Å². The molecule has 1 atom stereocenters. The van der Waals surface area contributed by atoms with Gasteiger partial charge in [0.2, 0.25) is 0 Å². The van der Waals surface area contributed by atoms with Gasteiger partial charge in [-0.1, -0.05) is 24.3 Å². The Bertz CT molecular complexity index is 640. The molecule has 0 saturated carbocycles. The first-order chi connectivity index (χ1) is 10.7. The minimum absolute atomic E-state index is 0.128. The first kappa shape index (κ1) is 15.9. The molecule has 0 aliphatic carbocycles. The third kappa shape index (κ3) is 3.79. The molecule has 0 bridgehead atoms. The molecule has 4 heteroatoms. The Hall–Kier alpha value is -2.49. The smallest absolute Gasteiger partial charge is 0.255 e. The Labute approximate surface area is 131 Å². The molecule has 0 spiro atoms. The number of para-hydroxylation sites is 1. The summed E-state index contributed by atoms with van der Waals surface area (Å²) in [5, 5.41) is 2.99. The number of amides is 1. The second-order valence-corrected chi connectivity index (χ2v) is 4.90. The van der Waals surface area contributed by atoms with Gasteiger partial charge in [-0.15, -0.1) is 0 Å². The first-order valence-electron chi connectivity index (χ1n) is 7.32. The molecule has 4 nitrogen and oxygen atoms in total. The summed E-state index contributed by atoms with van der Waals surface area (Å²) in [6, 6.07) is 14.8. The largest absolute Gasteiger partial charge is 0.497 e. The van der Waals surface area contributed by atoms with Gasteiger partial charge in [0, 0.05) is 0 Å². The molecule has 0 aliphatic rings. The minimum atomic E-state index is -0.153. The summed E-state index contributed by atoms with van der Waals surface area (Å²) in [5.74, 6) is 1.22. The van der Waals surface area contributed by atoms with Crippen LogP contribution in [0.5, 0.6) is 11.5 Å². The van der Waals surface area contributed by atoms with Gasteiger partial charge in [-0.3, -0.25) is 4.79 Å². The van der Waals surface area contributed by atoms with Gasteiger partial charge in [-0.25, -0.2) is 0 Å². The standard InChI is InChI=1S/C18H21NO3/c1-4-22-17-11-6-5-10-16(17)18(20)19-13(2)14-8-7-9-15(12-14)21-3/h5-13H,4H2,1-3H3,(H,19,20)/t13-/m0/s1. The fourth-order valence-electron chi connectivity index (χ4n) is 2.20. The highest BCUT2D eigenvalue weighted by molar-refractivity contribution is 5.97. The topological polar surface area (TPSA) is 47.6 Å². The summed E-state index contributed by atoms with van der Waals surface area (Å²) in [7, 11) is 1.63. The van der Waals surface area contributed by atoms with E-state index in [-0.39, 0.29) is 11.9 Å². The normalized spacial score (nSPS) is 11.6. The number of hydrogen-bond donors (Lipinski definition) is 1. The predicted octanol–water partition coefficient (Wildman–Crippen LogP) is 3.58. The molecule has 0 aliphatic heterocycles. The summed E-state index contributed by atoms with van der Waals surface area (Å²) in [4.78, 5) is 12.5. The molecule has 2 aromatic carbocycles. The third-order valence-electron chi connectivity index (χ3n) is 3.37. The van der Waals surface area contributed by atoms with Gasteiger partial charge >= 0.3 is 0 Å². The van der Waals surface area contributed by atoms with Gasteiger partial charge in [0.05, 0.1) is 25.3 Å². The molecular formula is C18H21NO3. The Morgan fingerprint density at radius 2 is 1.95 bits per heavy atom. The molecule has 2 rings (SSSR count). The lowest BCUT2D eigenvalue weighted by atomic mass is 10.1. The lowest BCUT2D eigenvalue weighted by molar-refractivity contribution is 0.0936. The number of methoxy groups -OCH3 is 1. The van der Waals surface area contributed by atoms with Crippen LogP contribution in [-0.4, -0.2) is 19.6 Å². The minimum Gasteiger partial charge on any atom is -0.497 e. The second-order valence-electron chi connectivity index (χ2n) is 4.90. The molecule has 22 heavy (non-hydrogen) atoms. The van der Waals surface area contributed by atoms with Gasteiger partial charge < -0.3 is 14.8 Å². The van der Waals surface area contributed by atoms with Crippen LogP contribution < -0.4 is 14.8 Å². The van der Waals surface area contributed by atoms with Gasteiger partial charge in [-0.2, -0.15) is 0 Å². The Morgan fingerprint density at radius 3 is 2.68 bits per heavy atom. The lowest BCUT2D eigenvalue weighted by Crippen LogP contribution is -2.27. The predicted molar refractivity (Wildman–Crippen MR) is 86.5 cm³/mol. The highest BCUT2D eigenvalue weighted by atomic mass is 16.5. The van der Waals surface area contributed by atoms with Crippen LogP contribution in [0.4, 0.5) is 0 Å². The van der Waals surface area contributed by atoms with Crippen molar-refractivity contribution in [2.45, 2.75) is 19.9 Å². The van der Waals surface area contributed by atoms with Crippen LogP contribution in [0.2, 0.25) is 0 Å². The summed E-state index contributed by atoms with van der Waals surface area (Å²) >= 11 is 0. The summed E-state index contributed by atoms with van der Waals surface area (Å²) in [6.07, 6.45) is 0. The van der Waals surface area contributed by atoms with E-state index in [2.05, 4.69) is 5.32 Å². The molecule has 116 valence electrons. The van der Waals surface area contributed by atoms with Crippen molar-refractivity contribution in [2.24, 2.45) is 0 Å².